The average molecular weight is 521 g/mol. The van der Waals surface area contributed by atoms with E-state index < -0.39 is 29.6 Å². The molecule has 0 aliphatic carbocycles. The molecule has 3 rings (SSSR count). The molecule has 2 aromatic carbocycles. The molecule has 0 atom stereocenters. The first-order valence-corrected chi connectivity index (χ1v) is 10.4. The van der Waals surface area contributed by atoms with Crippen LogP contribution in [-0.2, 0) is 19.1 Å². The van der Waals surface area contributed by atoms with Gasteiger partial charge in [0.05, 0.1) is 23.9 Å². The molecule has 11 heteroatoms. The van der Waals surface area contributed by atoms with Gasteiger partial charge in [-0.05, 0) is 64.8 Å². The van der Waals surface area contributed by atoms with Crippen molar-refractivity contribution in [1.29, 1.82) is 0 Å². The standard InChI is InChI=1S/C22H18BrFN2O7/c1-3-32-18(27)11-33-19-16(23)8-12(9-17(19)31-2)7-15-20(28)25-22(30)26(21(15)29)14-6-4-5-13(24)10-14/h4-10H,3,11H2,1-2H3,(H,25,28,30)/b15-7+. The number of methoxy groups -OCH3 is 1. The summed E-state index contributed by atoms with van der Waals surface area (Å²) in [6, 6.07) is 6.87. The number of esters is 1. The number of imide groups is 2. The lowest BCUT2D eigenvalue weighted by atomic mass is 10.1. The van der Waals surface area contributed by atoms with Crippen LogP contribution < -0.4 is 19.7 Å². The Hall–Kier alpha value is -3.73. The van der Waals surface area contributed by atoms with Crippen molar-refractivity contribution in [3.63, 3.8) is 0 Å². The predicted molar refractivity (Wildman–Crippen MR) is 118 cm³/mol. The molecule has 2 aromatic rings. The Kier molecular flexibility index (Phi) is 7.44. The van der Waals surface area contributed by atoms with Gasteiger partial charge in [-0.25, -0.2) is 18.9 Å². The van der Waals surface area contributed by atoms with Crippen LogP contribution in [0.4, 0.5) is 14.9 Å². The predicted octanol–water partition coefficient (Wildman–Crippen LogP) is 3.21. The molecular weight excluding hydrogens is 503 g/mol. The zero-order valence-electron chi connectivity index (χ0n) is 17.5. The minimum absolute atomic E-state index is 0.0302. The maximum atomic E-state index is 13.6. The minimum Gasteiger partial charge on any atom is -0.493 e. The van der Waals surface area contributed by atoms with Crippen LogP contribution in [0.25, 0.3) is 6.08 Å². The van der Waals surface area contributed by atoms with E-state index in [1.807, 2.05) is 0 Å². The first-order chi connectivity index (χ1) is 15.7. The second kappa shape index (κ2) is 10.3. The van der Waals surface area contributed by atoms with Crippen LogP contribution in [-0.4, -0.2) is 44.1 Å². The number of carbonyl (C=O) groups is 4. The first-order valence-electron chi connectivity index (χ1n) is 9.58. The molecule has 0 saturated carbocycles. The van der Waals surface area contributed by atoms with E-state index in [1.54, 1.807) is 6.92 Å². The van der Waals surface area contributed by atoms with Gasteiger partial charge in [-0.15, -0.1) is 0 Å². The molecule has 1 heterocycles. The van der Waals surface area contributed by atoms with Gasteiger partial charge in [0, 0.05) is 0 Å². The van der Waals surface area contributed by atoms with Gasteiger partial charge in [-0.2, -0.15) is 0 Å². The number of nitrogens with zero attached hydrogens (tertiary/aromatic N) is 1. The van der Waals surface area contributed by atoms with Crippen LogP contribution in [0.3, 0.4) is 0 Å². The highest BCUT2D eigenvalue weighted by molar-refractivity contribution is 9.10. The maximum Gasteiger partial charge on any atom is 0.344 e. The lowest BCUT2D eigenvalue weighted by Crippen LogP contribution is -2.54. The number of ether oxygens (including phenoxy) is 3. The van der Waals surface area contributed by atoms with Crippen molar-refractivity contribution in [1.82, 2.24) is 5.32 Å². The minimum atomic E-state index is -0.991. The normalized spacial score (nSPS) is 14.8. The number of nitrogens with one attached hydrogen (secondary N) is 1. The molecule has 1 saturated heterocycles. The average Bonchev–Trinajstić information content (AvgIpc) is 2.75. The molecule has 4 amide bonds. The highest BCUT2D eigenvalue weighted by Gasteiger charge is 2.37. The van der Waals surface area contributed by atoms with Gasteiger partial charge in [0.25, 0.3) is 11.8 Å². The van der Waals surface area contributed by atoms with Gasteiger partial charge < -0.3 is 14.2 Å². The molecule has 0 bridgehead atoms. The van der Waals surface area contributed by atoms with Crippen LogP contribution >= 0.6 is 15.9 Å². The Balaban J connectivity index is 1.94. The second-order valence-corrected chi connectivity index (χ2v) is 7.42. The van der Waals surface area contributed by atoms with Crippen molar-refractivity contribution in [2.24, 2.45) is 0 Å². The number of carbonyl (C=O) groups excluding carboxylic acids is 4. The topological polar surface area (TPSA) is 111 Å². The molecule has 0 spiro atoms. The Labute approximate surface area is 196 Å². The summed E-state index contributed by atoms with van der Waals surface area (Å²) < 4.78 is 29.6. The summed E-state index contributed by atoms with van der Waals surface area (Å²) in [7, 11) is 1.37. The highest BCUT2D eigenvalue weighted by atomic mass is 79.9. The molecule has 172 valence electrons. The fraction of sp³-hybridized carbons (Fsp3) is 0.182. The largest absolute Gasteiger partial charge is 0.493 e. The van der Waals surface area contributed by atoms with Gasteiger partial charge in [0.15, 0.2) is 18.1 Å². The van der Waals surface area contributed by atoms with Crippen LogP contribution in [0.1, 0.15) is 12.5 Å². The molecule has 33 heavy (non-hydrogen) atoms. The van der Waals surface area contributed by atoms with Crippen molar-refractivity contribution < 1.29 is 37.8 Å². The number of amides is 4. The van der Waals surface area contributed by atoms with Crippen molar-refractivity contribution in [2.75, 3.05) is 25.2 Å². The van der Waals surface area contributed by atoms with Gasteiger partial charge >= 0.3 is 12.0 Å². The number of urea groups is 1. The van der Waals surface area contributed by atoms with Crippen LogP contribution in [0.5, 0.6) is 11.5 Å². The molecule has 1 aliphatic heterocycles. The van der Waals surface area contributed by atoms with Crippen LogP contribution in [0.2, 0.25) is 0 Å². The Bertz CT molecular complexity index is 1170. The monoisotopic (exact) mass is 520 g/mol. The summed E-state index contributed by atoms with van der Waals surface area (Å²) in [5, 5.41) is 2.06. The van der Waals surface area contributed by atoms with E-state index in [2.05, 4.69) is 21.2 Å². The molecule has 1 fully saturated rings. The van der Waals surface area contributed by atoms with Gasteiger partial charge in [0.2, 0.25) is 0 Å². The number of benzene rings is 2. The van der Waals surface area contributed by atoms with Gasteiger partial charge in [-0.3, -0.25) is 14.9 Å². The number of anilines is 1. The fourth-order valence-electron chi connectivity index (χ4n) is 2.97. The lowest BCUT2D eigenvalue weighted by molar-refractivity contribution is -0.145. The van der Waals surface area contributed by atoms with E-state index in [9.17, 15) is 23.6 Å². The third-order valence-electron chi connectivity index (χ3n) is 4.37. The first kappa shape index (κ1) is 23.9. The Morgan fingerprint density at radius 2 is 1.97 bits per heavy atom. The zero-order valence-corrected chi connectivity index (χ0v) is 19.1. The number of hydrogen-bond acceptors (Lipinski definition) is 7. The van der Waals surface area contributed by atoms with E-state index in [0.29, 0.717) is 14.9 Å². The Morgan fingerprint density at radius 1 is 1.21 bits per heavy atom. The summed E-state index contributed by atoms with van der Waals surface area (Å²) in [6.45, 7) is 1.52. The number of rotatable bonds is 7. The maximum absolute atomic E-state index is 13.6. The third kappa shape index (κ3) is 5.37. The second-order valence-electron chi connectivity index (χ2n) is 6.57. The molecule has 0 radical (unpaired) electrons. The summed E-state index contributed by atoms with van der Waals surface area (Å²) in [5.74, 6) is -2.62. The summed E-state index contributed by atoms with van der Waals surface area (Å²) in [5.41, 5.74) is -0.0281. The van der Waals surface area contributed by atoms with Crippen molar-refractivity contribution in [3.8, 4) is 11.5 Å². The fourth-order valence-corrected chi connectivity index (χ4v) is 3.54. The zero-order chi connectivity index (χ0) is 24.1. The van der Waals surface area contributed by atoms with E-state index in [-0.39, 0.29) is 36.0 Å². The van der Waals surface area contributed by atoms with E-state index >= 15 is 0 Å². The quantitative estimate of drug-likeness (QED) is 0.339. The van der Waals surface area contributed by atoms with Crippen LogP contribution in [0.15, 0.2) is 46.4 Å². The van der Waals surface area contributed by atoms with Gasteiger partial charge in [0.1, 0.15) is 11.4 Å². The SMILES string of the molecule is CCOC(=O)COc1c(Br)cc(/C=C2\C(=O)NC(=O)N(c3cccc(F)c3)C2=O)cc1OC. The number of hydrogen-bond donors (Lipinski definition) is 1. The van der Waals surface area contributed by atoms with Crippen LogP contribution in [0, 0.1) is 5.82 Å². The highest BCUT2D eigenvalue weighted by Crippen LogP contribution is 2.37. The number of halogens is 2. The van der Waals surface area contributed by atoms with Crippen molar-refractivity contribution >= 4 is 51.5 Å². The van der Waals surface area contributed by atoms with E-state index in [0.717, 1.165) is 12.1 Å². The molecular formula is C22H18BrFN2O7. The summed E-state index contributed by atoms with van der Waals surface area (Å²) in [6.07, 6.45) is 1.25. The molecule has 1 N–H and O–H groups in total. The van der Waals surface area contributed by atoms with Crippen molar-refractivity contribution in [2.45, 2.75) is 6.92 Å². The summed E-state index contributed by atoms with van der Waals surface area (Å²) in [4.78, 5) is 49.8. The molecule has 0 unspecified atom stereocenters. The summed E-state index contributed by atoms with van der Waals surface area (Å²) >= 11 is 3.31. The number of barbiturate groups is 1. The molecule has 1 aliphatic rings. The smallest absolute Gasteiger partial charge is 0.344 e. The lowest BCUT2D eigenvalue weighted by Gasteiger charge is -2.26. The molecule has 0 aromatic heterocycles. The van der Waals surface area contributed by atoms with E-state index in [1.165, 1.54) is 37.5 Å². The van der Waals surface area contributed by atoms with Crippen molar-refractivity contribution in [3.05, 3.63) is 57.8 Å². The van der Waals surface area contributed by atoms with Gasteiger partial charge in [-0.1, -0.05) is 6.07 Å². The molecule has 9 nitrogen and oxygen atoms in total. The van der Waals surface area contributed by atoms with E-state index in [4.69, 9.17) is 14.2 Å². The third-order valence-corrected chi connectivity index (χ3v) is 4.96. The Morgan fingerprint density at radius 3 is 2.64 bits per heavy atom.